The van der Waals surface area contributed by atoms with Gasteiger partial charge in [-0.1, -0.05) is 13.5 Å². The molecule has 0 unspecified atom stereocenters. The van der Waals surface area contributed by atoms with Crippen molar-refractivity contribution in [2.75, 3.05) is 35.7 Å². The lowest BCUT2D eigenvalue weighted by Gasteiger charge is -2.37. The number of piperidine rings is 1. The molecule has 0 aliphatic carbocycles. The maximum absolute atomic E-state index is 15.6. The highest BCUT2D eigenvalue weighted by Gasteiger charge is 2.27. The maximum Gasteiger partial charge on any atom is 0.243 e. The van der Waals surface area contributed by atoms with Gasteiger partial charge in [-0.15, -0.1) is 0 Å². The van der Waals surface area contributed by atoms with Gasteiger partial charge in [-0.2, -0.15) is 5.11 Å². The Bertz CT molecular complexity index is 1660. The van der Waals surface area contributed by atoms with Crippen LogP contribution in [-0.4, -0.2) is 47.0 Å². The number of anilines is 4. The van der Waals surface area contributed by atoms with Crippen molar-refractivity contribution in [3.8, 4) is 11.5 Å². The lowest BCUT2D eigenvalue weighted by molar-refractivity contribution is -0.117. The number of hydrogen-bond acceptors (Lipinski definition) is 10. The molecular formula is C30H32FN9O2. The molecule has 0 spiro atoms. The minimum absolute atomic E-state index is 0.0339. The van der Waals surface area contributed by atoms with E-state index in [0.29, 0.717) is 63.6 Å². The molecule has 0 radical (unpaired) electrons. The third-order valence-electron chi connectivity index (χ3n) is 7.16. The van der Waals surface area contributed by atoms with Crippen LogP contribution in [0.1, 0.15) is 18.9 Å². The highest BCUT2D eigenvalue weighted by molar-refractivity contribution is 5.88. The number of nitrogens with zero attached hydrogens (tertiary/aromatic N) is 5. The number of fused-ring (bicyclic) bond motifs is 1. The van der Waals surface area contributed by atoms with E-state index in [-0.39, 0.29) is 17.6 Å². The molecule has 216 valence electrons. The first-order chi connectivity index (χ1) is 20.3. The third-order valence-corrected chi connectivity index (χ3v) is 7.16. The molecule has 2 aromatic carbocycles. The van der Waals surface area contributed by atoms with Gasteiger partial charge in [-0.05, 0) is 61.7 Å². The van der Waals surface area contributed by atoms with Crippen molar-refractivity contribution in [2.45, 2.75) is 26.3 Å². The molecule has 5 rings (SSSR count). The number of benzene rings is 2. The second-order valence-corrected chi connectivity index (χ2v) is 10.2. The van der Waals surface area contributed by atoms with Crippen molar-refractivity contribution in [3.05, 3.63) is 72.8 Å². The van der Waals surface area contributed by atoms with Crippen LogP contribution in [-0.2, 0) is 4.79 Å². The fourth-order valence-corrected chi connectivity index (χ4v) is 5.11. The second-order valence-electron chi connectivity index (χ2n) is 10.2. The standard InChI is InChI=1S/C30H32FN9O2/c1-5-27(41)36-19-12-17(2)14-40(15-19)26-11-9-23-29(38-26)30(35-16-34-23)37-22-8-10-25(18(3)28(22)31)42-20-6-7-21(33-4)24(13-20)39-32/h5-11,13,16-17,19,32-33H,1,12,14-15H2,2-4H3,(H,36,41)(H,34,35,37)/t17-,19+/m1/s1. The summed E-state index contributed by atoms with van der Waals surface area (Å²) >= 11 is 0. The molecule has 4 aromatic rings. The van der Waals surface area contributed by atoms with Gasteiger partial charge in [0.25, 0.3) is 0 Å². The SMILES string of the molecule is C=CC(=O)N[C@H]1C[C@@H](C)CN(c2ccc3ncnc(Nc4ccc(Oc5ccc(NC)c(N=N)c5)c(C)c4F)c3n2)C1. The van der Waals surface area contributed by atoms with E-state index in [4.69, 9.17) is 15.3 Å². The van der Waals surface area contributed by atoms with Gasteiger partial charge in [-0.25, -0.2) is 24.9 Å². The fourth-order valence-electron chi connectivity index (χ4n) is 5.11. The first kappa shape index (κ1) is 28.4. The van der Waals surface area contributed by atoms with Crippen LogP contribution in [0.2, 0.25) is 0 Å². The number of hydrogen-bond donors (Lipinski definition) is 4. The van der Waals surface area contributed by atoms with E-state index in [1.165, 1.54) is 12.4 Å². The third kappa shape index (κ3) is 5.97. The average molecular weight is 570 g/mol. The van der Waals surface area contributed by atoms with Crippen LogP contribution in [0, 0.1) is 24.2 Å². The summed E-state index contributed by atoms with van der Waals surface area (Å²) in [5, 5.41) is 12.5. The molecule has 2 aromatic heterocycles. The molecule has 0 saturated carbocycles. The Kier molecular flexibility index (Phi) is 8.23. The topological polar surface area (TPSA) is 141 Å². The Labute approximate surface area is 242 Å². The lowest BCUT2D eigenvalue weighted by Crippen LogP contribution is -2.50. The van der Waals surface area contributed by atoms with E-state index in [9.17, 15) is 4.79 Å². The van der Waals surface area contributed by atoms with Crippen LogP contribution in [0.15, 0.2) is 66.6 Å². The summed E-state index contributed by atoms with van der Waals surface area (Å²) in [6, 6.07) is 12.0. The summed E-state index contributed by atoms with van der Waals surface area (Å²) in [6.07, 6.45) is 3.54. The second kappa shape index (κ2) is 12.2. The number of halogens is 1. The monoisotopic (exact) mass is 569 g/mol. The molecule has 1 aliphatic rings. The van der Waals surface area contributed by atoms with Crippen LogP contribution in [0.5, 0.6) is 11.5 Å². The normalized spacial score (nSPS) is 16.5. The maximum atomic E-state index is 15.6. The number of carbonyl (C=O) groups excluding carboxylic acids is 1. The smallest absolute Gasteiger partial charge is 0.243 e. The number of ether oxygens (including phenoxy) is 1. The summed E-state index contributed by atoms with van der Waals surface area (Å²) in [5.74, 6) is 1.47. The number of pyridine rings is 1. The Balaban J connectivity index is 1.40. The fraction of sp³-hybridized carbons (Fsp3) is 0.267. The molecule has 1 saturated heterocycles. The number of carbonyl (C=O) groups is 1. The zero-order chi connectivity index (χ0) is 29.8. The largest absolute Gasteiger partial charge is 0.457 e. The van der Waals surface area contributed by atoms with Gasteiger partial charge in [-0.3, -0.25) is 4.79 Å². The summed E-state index contributed by atoms with van der Waals surface area (Å²) < 4.78 is 21.5. The van der Waals surface area contributed by atoms with Gasteiger partial charge in [0.2, 0.25) is 5.91 Å². The highest BCUT2D eigenvalue weighted by Crippen LogP contribution is 2.36. The van der Waals surface area contributed by atoms with E-state index in [1.54, 1.807) is 44.3 Å². The van der Waals surface area contributed by atoms with Crippen LogP contribution in [0.25, 0.3) is 11.0 Å². The molecule has 4 N–H and O–H groups in total. The number of amides is 1. The number of rotatable bonds is 9. The summed E-state index contributed by atoms with van der Waals surface area (Å²) in [7, 11) is 1.74. The van der Waals surface area contributed by atoms with Crippen molar-refractivity contribution in [1.82, 2.24) is 20.3 Å². The molecule has 2 atom stereocenters. The van der Waals surface area contributed by atoms with E-state index < -0.39 is 5.82 Å². The van der Waals surface area contributed by atoms with Crippen molar-refractivity contribution < 1.29 is 13.9 Å². The summed E-state index contributed by atoms with van der Waals surface area (Å²) in [6.45, 7) is 8.68. The van der Waals surface area contributed by atoms with E-state index in [0.717, 1.165) is 13.0 Å². The van der Waals surface area contributed by atoms with Crippen molar-refractivity contribution in [1.29, 1.82) is 5.53 Å². The predicted molar refractivity (Wildman–Crippen MR) is 161 cm³/mol. The molecule has 0 bridgehead atoms. The minimum Gasteiger partial charge on any atom is -0.457 e. The molecule has 1 fully saturated rings. The predicted octanol–water partition coefficient (Wildman–Crippen LogP) is 6.23. The molecule has 1 aliphatic heterocycles. The number of nitrogens with one attached hydrogen (secondary N) is 4. The number of aromatic nitrogens is 3. The quantitative estimate of drug-likeness (QED) is 0.137. The van der Waals surface area contributed by atoms with Gasteiger partial charge in [0.05, 0.1) is 16.9 Å². The minimum atomic E-state index is -0.502. The molecule has 42 heavy (non-hydrogen) atoms. The van der Waals surface area contributed by atoms with Crippen LogP contribution in [0.4, 0.5) is 33.1 Å². The van der Waals surface area contributed by atoms with Crippen LogP contribution in [0.3, 0.4) is 0 Å². The molecule has 1 amide bonds. The molecular weight excluding hydrogens is 537 g/mol. The molecule has 11 nitrogen and oxygen atoms in total. The first-order valence-electron chi connectivity index (χ1n) is 13.5. The van der Waals surface area contributed by atoms with Crippen LogP contribution >= 0.6 is 0 Å². The summed E-state index contributed by atoms with van der Waals surface area (Å²) in [5.41, 5.74) is 10.1. The molecule has 3 heterocycles. The van der Waals surface area contributed by atoms with E-state index in [2.05, 4.69) is 49.4 Å². The van der Waals surface area contributed by atoms with Gasteiger partial charge in [0.15, 0.2) is 11.6 Å². The summed E-state index contributed by atoms with van der Waals surface area (Å²) in [4.78, 5) is 27.6. The van der Waals surface area contributed by atoms with E-state index >= 15 is 4.39 Å². The zero-order valence-electron chi connectivity index (χ0n) is 23.6. The zero-order valence-corrected chi connectivity index (χ0v) is 23.6. The average Bonchev–Trinajstić information content (AvgIpc) is 3.00. The lowest BCUT2D eigenvalue weighted by atomic mass is 9.96. The van der Waals surface area contributed by atoms with Crippen molar-refractivity contribution >= 4 is 45.6 Å². The van der Waals surface area contributed by atoms with Crippen molar-refractivity contribution in [2.24, 2.45) is 11.0 Å². The van der Waals surface area contributed by atoms with Crippen LogP contribution < -0.4 is 25.6 Å². The van der Waals surface area contributed by atoms with Gasteiger partial charge in [0.1, 0.15) is 34.8 Å². The van der Waals surface area contributed by atoms with E-state index in [1.807, 2.05) is 12.1 Å². The van der Waals surface area contributed by atoms with Gasteiger partial charge >= 0.3 is 0 Å². The highest BCUT2D eigenvalue weighted by atomic mass is 19.1. The Morgan fingerprint density at radius 3 is 2.76 bits per heavy atom. The Morgan fingerprint density at radius 1 is 1.19 bits per heavy atom. The van der Waals surface area contributed by atoms with Gasteiger partial charge < -0.3 is 25.6 Å². The first-order valence-corrected chi connectivity index (χ1v) is 13.5. The molecule has 12 heteroatoms. The Morgan fingerprint density at radius 2 is 2.00 bits per heavy atom. The van der Waals surface area contributed by atoms with Gasteiger partial charge in [0, 0.05) is 37.8 Å². The Hall–Kier alpha value is -5.13. The van der Waals surface area contributed by atoms with Crippen molar-refractivity contribution in [3.63, 3.8) is 0 Å².